The van der Waals surface area contributed by atoms with Gasteiger partial charge in [-0.3, -0.25) is 19.5 Å². The lowest BCUT2D eigenvalue weighted by molar-refractivity contribution is -0.132. The molecule has 1 aromatic heterocycles. The Morgan fingerprint density at radius 2 is 2.00 bits per heavy atom. The summed E-state index contributed by atoms with van der Waals surface area (Å²) in [7, 11) is 0. The van der Waals surface area contributed by atoms with E-state index < -0.39 is 17.7 Å². The van der Waals surface area contributed by atoms with E-state index >= 15 is 0 Å². The molecule has 4 rings (SSSR count). The standard InChI is InChI=1S/C24H18BrClN2O4/c1-2-32-19-11-14(8-9-18(19)26)22(29)20-21(15-5-4-10-27-13-15)28(24(31)23(20)30)17-7-3-6-16(25)12-17/h3-13,21,29H,2H2,1H3/b22-20+. The smallest absolute Gasteiger partial charge is 0.300 e. The predicted molar refractivity (Wildman–Crippen MR) is 126 cm³/mol. The molecule has 1 saturated heterocycles. The molecule has 6 nitrogen and oxygen atoms in total. The first kappa shape index (κ1) is 22.0. The van der Waals surface area contributed by atoms with Crippen LogP contribution in [-0.4, -0.2) is 28.4 Å². The molecule has 0 radical (unpaired) electrons. The van der Waals surface area contributed by atoms with E-state index in [1.54, 1.807) is 60.9 Å². The molecule has 3 aromatic rings. The Kier molecular flexibility index (Phi) is 6.30. The average molecular weight is 514 g/mol. The van der Waals surface area contributed by atoms with Crippen LogP contribution in [-0.2, 0) is 9.59 Å². The van der Waals surface area contributed by atoms with Gasteiger partial charge in [0.05, 0.1) is 23.2 Å². The summed E-state index contributed by atoms with van der Waals surface area (Å²) in [5, 5.41) is 11.6. The van der Waals surface area contributed by atoms with Crippen LogP contribution >= 0.6 is 27.5 Å². The van der Waals surface area contributed by atoms with Crippen LogP contribution in [0.3, 0.4) is 0 Å². The summed E-state index contributed by atoms with van der Waals surface area (Å²) in [6, 6.07) is 14.4. The van der Waals surface area contributed by atoms with E-state index in [0.717, 1.165) is 4.47 Å². The summed E-state index contributed by atoms with van der Waals surface area (Å²) in [5.74, 6) is -1.47. The van der Waals surface area contributed by atoms with Crippen molar-refractivity contribution < 1.29 is 19.4 Å². The van der Waals surface area contributed by atoms with Gasteiger partial charge in [0.25, 0.3) is 11.7 Å². The number of ether oxygens (including phenoxy) is 1. The number of anilines is 1. The van der Waals surface area contributed by atoms with E-state index in [9.17, 15) is 14.7 Å². The molecule has 1 unspecified atom stereocenters. The minimum absolute atomic E-state index is 0.0345. The van der Waals surface area contributed by atoms with Gasteiger partial charge in [-0.15, -0.1) is 0 Å². The Morgan fingerprint density at radius 1 is 1.19 bits per heavy atom. The number of hydrogen-bond donors (Lipinski definition) is 1. The third kappa shape index (κ3) is 4.01. The first-order chi connectivity index (χ1) is 15.4. The molecule has 0 saturated carbocycles. The van der Waals surface area contributed by atoms with Crippen molar-refractivity contribution in [2.24, 2.45) is 0 Å². The number of pyridine rings is 1. The summed E-state index contributed by atoms with van der Waals surface area (Å²) in [4.78, 5) is 31.8. The number of hydrogen-bond acceptors (Lipinski definition) is 5. The maximum atomic E-state index is 13.2. The summed E-state index contributed by atoms with van der Waals surface area (Å²) < 4.78 is 6.26. The number of carbonyl (C=O) groups is 2. The highest BCUT2D eigenvalue weighted by Gasteiger charge is 2.47. The highest BCUT2D eigenvalue weighted by atomic mass is 79.9. The number of rotatable bonds is 5. The molecule has 2 heterocycles. The van der Waals surface area contributed by atoms with Crippen molar-refractivity contribution in [3.8, 4) is 5.75 Å². The number of aliphatic hydroxyl groups excluding tert-OH is 1. The Labute approximate surface area is 198 Å². The van der Waals surface area contributed by atoms with Crippen molar-refractivity contribution in [1.29, 1.82) is 0 Å². The zero-order chi connectivity index (χ0) is 22.8. The quantitative estimate of drug-likeness (QED) is 0.276. The number of carbonyl (C=O) groups excluding carboxylic acids is 2. The first-order valence-corrected chi connectivity index (χ1v) is 11.0. The van der Waals surface area contributed by atoms with Gasteiger partial charge in [-0.2, -0.15) is 0 Å². The predicted octanol–water partition coefficient (Wildman–Crippen LogP) is 5.52. The van der Waals surface area contributed by atoms with E-state index in [-0.39, 0.29) is 11.3 Å². The van der Waals surface area contributed by atoms with Crippen LogP contribution in [0, 0.1) is 0 Å². The SMILES string of the molecule is CCOc1cc(/C(O)=C2\C(=O)C(=O)N(c3cccc(Br)c3)C2c2cccnc2)ccc1Cl. The summed E-state index contributed by atoms with van der Waals surface area (Å²) in [6.45, 7) is 2.20. The third-order valence-electron chi connectivity index (χ3n) is 5.04. The second-order valence-electron chi connectivity index (χ2n) is 7.01. The van der Waals surface area contributed by atoms with Gasteiger partial charge >= 0.3 is 0 Å². The molecule has 2 aromatic carbocycles. The molecule has 162 valence electrons. The van der Waals surface area contributed by atoms with E-state index in [4.69, 9.17) is 16.3 Å². The molecule has 1 fully saturated rings. The molecule has 32 heavy (non-hydrogen) atoms. The van der Waals surface area contributed by atoms with Crippen molar-refractivity contribution >= 4 is 50.7 Å². The monoisotopic (exact) mass is 512 g/mol. The molecule has 0 aliphatic carbocycles. The van der Waals surface area contributed by atoms with E-state index in [2.05, 4.69) is 20.9 Å². The second kappa shape index (κ2) is 9.14. The molecule has 8 heteroatoms. The van der Waals surface area contributed by atoms with Gasteiger partial charge in [-0.1, -0.05) is 39.7 Å². The van der Waals surface area contributed by atoms with Crippen molar-refractivity contribution in [2.45, 2.75) is 13.0 Å². The number of Topliss-reactive ketones (excluding diaryl/α,β-unsaturated/α-hetero) is 1. The number of nitrogens with zero attached hydrogens (tertiary/aromatic N) is 2. The average Bonchev–Trinajstić information content (AvgIpc) is 3.06. The van der Waals surface area contributed by atoms with Gasteiger partial charge in [0.1, 0.15) is 11.5 Å². The molecule has 1 atom stereocenters. The Hall–Kier alpha value is -3.16. The number of amides is 1. The van der Waals surface area contributed by atoms with E-state index in [1.807, 2.05) is 13.0 Å². The van der Waals surface area contributed by atoms with E-state index in [1.165, 1.54) is 4.90 Å². The van der Waals surface area contributed by atoms with Gasteiger partial charge in [0, 0.05) is 28.1 Å². The number of halogens is 2. The van der Waals surface area contributed by atoms with Gasteiger partial charge in [0.15, 0.2) is 0 Å². The fourth-order valence-electron chi connectivity index (χ4n) is 3.65. The number of benzene rings is 2. The zero-order valence-corrected chi connectivity index (χ0v) is 19.3. The number of aliphatic hydroxyl groups is 1. The lowest BCUT2D eigenvalue weighted by Gasteiger charge is -2.25. The molecule has 1 aliphatic heterocycles. The van der Waals surface area contributed by atoms with Crippen molar-refractivity contribution in [2.75, 3.05) is 11.5 Å². The van der Waals surface area contributed by atoms with Crippen LogP contribution in [0.1, 0.15) is 24.1 Å². The number of aromatic nitrogens is 1. The molecule has 1 N–H and O–H groups in total. The zero-order valence-electron chi connectivity index (χ0n) is 17.0. The van der Waals surface area contributed by atoms with Gasteiger partial charge in [-0.25, -0.2) is 0 Å². The molecule has 0 spiro atoms. The topological polar surface area (TPSA) is 79.7 Å². The van der Waals surface area contributed by atoms with E-state index in [0.29, 0.717) is 34.2 Å². The van der Waals surface area contributed by atoms with Gasteiger partial charge < -0.3 is 9.84 Å². The molecule has 0 bridgehead atoms. The Balaban J connectivity index is 1.93. The molecular weight excluding hydrogens is 496 g/mol. The fourth-order valence-corrected chi connectivity index (χ4v) is 4.21. The molecule has 1 amide bonds. The largest absolute Gasteiger partial charge is 0.507 e. The van der Waals surface area contributed by atoms with Crippen LogP contribution in [0.15, 0.2) is 77.0 Å². The lowest BCUT2D eigenvalue weighted by atomic mass is 9.96. The van der Waals surface area contributed by atoms with Crippen LogP contribution in [0.4, 0.5) is 5.69 Å². The van der Waals surface area contributed by atoms with Crippen LogP contribution < -0.4 is 9.64 Å². The maximum Gasteiger partial charge on any atom is 0.300 e. The Bertz CT molecular complexity index is 1230. The second-order valence-corrected chi connectivity index (χ2v) is 8.34. The van der Waals surface area contributed by atoms with Crippen LogP contribution in [0.2, 0.25) is 5.02 Å². The van der Waals surface area contributed by atoms with Gasteiger partial charge in [0.2, 0.25) is 0 Å². The number of ketones is 1. The Morgan fingerprint density at radius 3 is 2.69 bits per heavy atom. The minimum atomic E-state index is -0.857. The summed E-state index contributed by atoms with van der Waals surface area (Å²) >= 11 is 9.58. The van der Waals surface area contributed by atoms with Crippen molar-refractivity contribution in [3.05, 3.63) is 93.2 Å². The highest BCUT2D eigenvalue weighted by Crippen LogP contribution is 2.43. The normalized spacial score (nSPS) is 17.6. The molecular formula is C24H18BrClN2O4. The minimum Gasteiger partial charge on any atom is -0.507 e. The van der Waals surface area contributed by atoms with Gasteiger partial charge in [-0.05, 0) is 55.0 Å². The van der Waals surface area contributed by atoms with Crippen molar-refractivity contribution in [3.63, 3.8) is 0 Å². The molecule has 1 aliphatic rings. The lowest BCUT2D eigenvalue weighted by Crippen LogP contribution is -2.29. The van der Waals surface area contributed by atoms with Crippen molar-refractivity contribution in [1.82, 2.24) is 4.98 Å². The first-order valence-electron chi connectivity index (χ1n) is 9.81. The summed E-state index contributed by atoms with van der Waals surface area (Å²) in [5.41, 5.74) is 1.39. The maximum absolute atomic E-state index is 13.2. The van der Waals surface area contributed by atoms with Crippen LogP contribution in [0.5, 0.6) is 5.75 Å². The summed E-state index contributed by atoms with van der Waals surface area (Å²) in [6.07, 6.45) is 3.17. The third-order valence-corrected chi connectivity index (χ3v) is 5.84. The highest BCUT2D eigenvalue weighted by molar-refractivity contribution is 9.10. The van der Waals surface area contributed by atoms with Crippen LogP contribution in [0.25, 0.3) is 5.76 Å². The fraction of sp³-hybridized carbons (Fsp3) is 0.125.